The lowest BCUT2D eigenvalue weighted by atomic mass is 10.2. The third-order valence-corrected chi connectivity index (χ3v) is 4.43. The molecule has 1 N–H and O–H groups in total. The summed E-state index contributed by atoms with van der Waals surface area (Å²) >= 11 is 1.80. The summed E-state index contributed by atoms with van der Waals surface area (Å²) in [7, 11) is 0. The number of rotatable bonds is 8. The summed E-state index contributed by atoms with van der Waals surface area (Å²) < 4.78 is 13.9. The molecule has 0 spiro atoms. The third-order valence-electron chi connectivity index (χ3n) is 3.36. The number of para-hydroxylation sites is 1. The van der Waals surface area contributed by atoms with Crippen molar-refractivity contribution in [2.75, 3.05) is 18.0 Å². The molecule has 0 aliphatic heterocycles. The van der Waals surface area contributed by atoms with Crippen molar-refractivity contribution in [2.45, 2.75) is 33.4 Å². The van der Waals surface area contributed by atoms with Gasteiger partial charge in [0.05, 0.1) is 12.2 Å². The fraction of sp³-hybridized carbons (Fsp3) is 0.412. The summed E-state index contributed by atoms with van der Waals surface area (Å²) in [5.74, 6) is -0.152. The van der Waals surface area contributed by atoms with E-state index >= 15 is 0 Å². The highest BCUT2D eigenvalue weighted by molar-refractivity contribution is 7.12. The van der Waals surface area contributed by atoms with E-state index < -0.39 is 0 Å². The van der Waals surface area contributed by atoms with Gasteiger partial charge in [0.2, 0.25) is 0 Å². The molecule has 114 valence electrons. The lowest BCUT2D eigenvalue weighted by Gasteiger charge is -2.22. The van der Waals surface area contributed by atoms with Crippen LogP contribution >= 0.6 is 11.3 Å². The Kier molecular flexibility index (Phi) is 6.21. The SMILES string of the molecule is CCCNCc1ccc(CN(CC)c2ccccc2F)s1. The zero-order chi connectivity index (χ0) is 15.1. The molecule has 2 rings (SSSR count). The van der Waals surface area contributed by atoms with E-state index in [0.717, 1.165) is 32.6 Å². The Bertz CT molecular complexity index is 553. The van der Waals surface area contributed by atoms with Crippen molar-refractivity contribution < 1.29 is 4.39 Å². The summed E-state index contributed by atoms with van der Waals surface area (Å²) in [5.41, 5.74) is 0.680. The zero-order valence-corrected chi connectivity index (χ0v) is 13.5. The van der Waals surface area contributed by atoms with Crippen LogP contribution in [-0.4, -0.2) is 13.1 Å². The van der Waals surface area contributed by atoms with Crippen LogP contribution in [0.5, 0.6) is 0 Å². The van der Waals surface area contributed by atoms with E-state index in [1.54, 1.807) is 17.4 Å². The monoisotopic (exact) mass is 306 g/mol. The van der Waals surface area contributed by atoms with Gasteiger partial charge < -0.3 is 10.2 Å². The molecule has 0 fully saturated rings. The lowest BCUT2D eigenvalue weighted by molar-refractivity contribution is 0.618. The highest BCUT2D eigenvalue weighted by atomic mass is 32.1. The Labute approximate surface area is 130 Å². The van der Waals surface area contributed by atoms with Crippen molar-refractivity contribution in [1.82, 2.24) is 5.32 Å². The Morgan fingerprint density at radius 2 is 1.86 bits per heavy atom. The van der Waals surface area contributed by atoms with E-state index in [0.29, 0.717) is 5.69 Å². The molecule has 0 radical (unpaired) electrons. The van der Waals surface area contributed by atoms with Crippen LogP contribution in [0.25, 0.3) is 0 Å². The van der Waals surface area contributed by atoms with Crippen molar-refractivity contribution in [3.05, 3.63) is 52.0 Å². The van der Waals surface area contributed by atoms with Crippen LogP contribution in [0.1, 0.15) is 30.0 Å². The van der Waals surface area contributed by atoms with Gasteiger partial charge in [-0.15, -0.1) is 11.3 Å². The van der Waals surface area contributed by atoms with Gasteiger partial charge in [-0.25, -0.2) is 4.39 Å². The van der Waals surface area contributed by atoms with E-state index in [-0.39, 0.29) is 5.82 Å². The summed E-state index contributed by atoms with van der Waals surface area (Å²) in [6.45, 7) is 7.75. The number of nitrogens with one attached hydrogen (secondary N) is 1. The van der Waals surface area contributed by atoms with Gasteiger partial charge in [0.25, 0.3) is 0 Å². The smallest absolute Gasteiger partial charge is 0.146 e. The van der Waals surface area contributed by atoms with Gasteiger partial charge in [-0.1, -0.05) is 19.1 Å². The Balaban J connectivity index is 2.01. The van der Waals surface area contributed by atoms with E-state index in [2.05, 4.69) is 36.2 Å². The Morgan fingerprint density at radius 3 is 2.57 bits per heavy atom. The maximum Gasteiger partial charge on any atom is 0.146 e. The van der Waals surface area contributed by atoms with Crippen LogP contribution in [0.3, 0.4) is 0 Å². The molecule has 4 heteroatoms. The summed E-state index contributed by atoms with van der Waals surface area (Å²) in [6, 6.07) is 11.3. The second-order valence-corrected chi connectivity index (χ2v) is 6.26. The zero-order valence-electron chi connectivity index (χ0n) is 12.7. The largest absolute Gasteiger partial charge is 0.364 e. The predicted molar refractivity (Wildman–Crippen MR) is 89.4 cm³/mol. The molecule has 21 heavy (non-hydrogen) atoms. The minimum absolute atomic E-state index is 0.152. The van der Waals surface area contributed by atoms with Crippen LogP contribution in [0.2, 0.25) is 0 Å². The molecule has 0 bridgehead atoms. The molecule has 1 aromatic heterocycles. The number of hydrogen-bond donors (Lipinski definition) is 1. The number of hydrogen-bond acceptors (Lipinski definition) is 3. The van der Waals surface area contributed by atoms with Crippen LogP contribution in [-0.2, 0) is 13.1 Å². The van der Waals surface area contributed by atoms with Crippen molar-refractivity contribution in [3.63, 3.8) is 0 Å². The van der Waals surface area contributed by atoms with Crippen LogP contribution in [0.4, 0.5) is 10.1 Å². The first-order chi connectivity index (χ1) is 10.2. The van der Waals surface area contributed by atoms with Crippen molar-refractivity contribution in [1.29, 1.82) is 0 Å². The molecule has 0 saturated carbocycles. The second kappa shape index (κ2) is 8.15. The maximum absolute atomic E-state index is 13.9. The molecule has 2 aromatic rings. The molecule has 1 aromatic carbocycles. The van der Waals surface area contributed by atoms with Crippen molar-refractivity contribution >= 4 is 17.0 Å². The van der Waals surface area contributed by atoms with Crippen molar-refractivity contribution in [2.24, 2.45) is 0 Å². The third kappa shape index (κ3) is 4.55. The standard InChI is InChI=1S/C17H23FN2S/c1-3-11-19-12-14-9-10-15(21-14)13-20(4-2)17-8-6-5-7-16(17)18/h5-10,19H,3-4,11-13H2,1-2H3. The molecule has 0 aliphatic rings. The summed E-state index contributed by atoms with van der Waals surface area (Å²) in [4.78, 5) is 4.68. The van der Waals surface area contributed by atoms with E-state index in [4.69, 9.17) is 0 Å². The first-order valence-corrected chi connectivity index (χ1v) is 8.34. The minimum atomic E-state index is -0.152. The maximum atomic E-state index is 13.9. The highest BCUT2D eigenvalue weighted by Crippen LogP contribution is 2.24. The van der Waals surface area contributed by atoms with Gasteiger partial charge >= 0.3 is 0 Å². The normalized spacial score (nSPS) is 10.8. The lowest BCUT2D eigenvalue weighted by Crippen LogP contribution is -2.22. The minimum Gasteiger partial charge on any atom is -0.364 e. The van der Waals surface area contributed by atoms with Gasteiger partial charge in [-0.3, -0.25) is 0 Å². The summed E-state index contributed by atoms with van der Waals surface area (Å²) in [6.07, 6.45) is 1.15. The topological polar surface area (TPSA) is 15.3 Å². The molecule has 2 nitrogen and oxygen atoms in total. The molecule has 1 heterocycles. The fourth-order valence-corrected chi connectivity index (χ4v) is 3.26. The molecule has 0 aliphatic carbocycles. The van der Waals surface area contributed by atoms with E-state index in [1.165, 1.54) is 15.8 Å². The van der Waals surface area contributed by atoms with Gasteiger partial charge in [-0.05, 0) is 44.2 Å². The quantitative estimate of drug-likeness (QED) is 0.727. The fourth-order valence-electron chi connectivity index (χ4n) is 2.25. The number of benzene rings is 1. The first kappa shape index (κ1) is 16.0. The van der Waals surface area contributed by atoms with Crippen LogP contribution in [0, 0.1) is 5.82 Å². The Morgan fingerprint density at radius 1 is 1.10 bits per heavy atom. The van der Waals surface area contributed by atoms with Crippen LogP contribution < -0.4 is 10.2 Å². The van der Waals surface area contributed by atoms with E-state index in [9.17, 15) is 4.39 Å². The summed E-state index contributed by atoms with van der Waals surface area (Å²) in [5, 5.41) is 3.41. The van der Waals surface area contributed by atoms with Gasteiger partial charge in [0.15, 0.2) is 0 Å². The average molecular weight is 306 g/mol. The average Bonchev–Trinajstić information content (AvgIpc) is 2.93. The molecule has 0 unspecified atom stereocenters. The second-order valence-electron chi connectivity index (χ2n) is 5.01. The molecule has 0 atom stereocenters. The van der Waals surface area contributed by atoms with Gasteiger partial charge in [0, 0.05) is 22.8 Å². The predicted octanol–water partition coefficient (Wildman–Crippen LogP) is 4.41. The molecular formula is C17H23FN2S. The first-order valence-electron chi connectivity index (χ1n) is 7.52. The van der Waals surface area contributed by atoms with E-state index in [1.807, 2.05) is 12.1 Å². The number of thiophene rings is 1. The molecule has 0 amide bonds. The molecule has 0 saturated heterocycles. The van der Waals surface area contributed by atoms with Crippen molar-refractivity contribution in [3.8, 4) is 0 Å². The highest BCUT2D eigenvalue weighted by Gasteiger charge is 2.11. The number of nitrogens with zero attached hydrogens (tertiary/aromatic N) is 1. The van der Waals surface area contributed by atoms with Gasteiger partial charge in [0.1, 0.15) is 5.82 Å². The van der Waals surface area contributed by atoms with Crippen LogP contribution in [0.15, 0.2) is 36.4 Å². The van der Waals surface area contributed by atoms with Gasteiger partial charge in [-0.2, -0.15) is 0 Å². The number of halogens is 1. The number of anilines is 1. The molecular weight excluding hydrogens is 283 g/mol. The Hall–Kier alpha value is -1.39.